The lowest BCUT2D eigenvalue weighted by molar-refractivity contribution is -0.113. The molecule has 0 unspecified atom stereocenters. The first kappa shape index (κ1) is 24.0. The van der Waals surface area contributed by atoms with E-state index >= 15 is 0 Å². The van der Waals surface area contributed by atoms with Crippen LogP contribution in [0.25, 0.3) is 0 Å². The van der Waals surface area contributed by atoms with E-state index in [4.69, 9.17) is 0 Å². The average Bonchev–Trinajstić information content (AvgIpc) is 3.23. The van der Waals surface area contributed by atoms with Gasteiger partial charge in [0, 0.05) is 12.6 Å². The number of para-hydroxylation sites is 1. The Kier molecular flexibility index (Phi) is 8.00. The number of anilines is 1. The van der Waals surface area contributed by atoms with Crippen molar-refractivity contribution in [1.29, 1.82) is 0 Å². The van der Waals surface area contributed by atoms with Crippen LogP contribution < -0.4 is 10.6 Å². The van der Waals surface area contributed by atoms with Gasteiger partial charge < -0.3 is 15.2 Å². The lowest BCUT2D eigenvalue weighted by Gasteiger charge is -2.24. The van der Waals surface area contributed by atoms with Crippen molar-refractivity contribution < 1.29 is 9.59 Å². The number of nitrogens with one attached hydrogen (secondary N) is 2. The number of rotatable bonds is 8. The minimum Gasteiger partial charge on any atom is -0.348 e. The van der Waals surface area contributed by atoms with E-state index in [1.54, 1.807) is 18.2 Å². The maximum atomic E-state index is 12.8. The minimum atomic E-state index is -0.225. The number of aryl methyl sites for hydroxylation is 2. The molecule has 7 nitrogen and oxygen atoms in total. The van der Waals surface area contributed by atoms with Crippen LogP contribution in [0, 0.1) is 13.8 Å². The van der Waals surface area contributed by atoms with E-state index < -0.39 is 0 Å². The van der Waals surface area contributed by atoms with Gasteiger partial charge in [-0.2, -0.15) is 0 Å². The number of amides is 2. The Hall–Kier alpha value is -3.13. The van der Waals surface area contributed by atoms with Gasteiger partial charge in [0.2, 0.25) is 5.91 Å². The Bertz CT molecular complexity index is 1140. The molecule has 0 atom stereocenters. The molecule has 0 aliphatic heterocycles. The topological polar surface area (TPSA) is 88.9 Å². The van der Waals surface area contributed by atoms with Gasteiger partial charge in [-0.15, -0.1) is 10.2 Å². The number of hydrogen-bond donors (Lipinski definition) is 2. The van der Waals surface area contributed by atoms with Crippen molar-refractivity contribution in [2.75, 3.05) is 11.1 Å². The molecule has 3 aromatic rings. The maximum absolute atomic E-state index is 12.8. The number of hydrogen-bond acceptors (Lipinski definition) is 5. The lowest BCUT2D eigenvalue weighted by atomic mass is 9.95. The SMILES string of the molecule is Cc1ccc(CNC(=O)c2ccccc2NC(=O)CSc2nnc(C)n2C2CCCCC2)cc1. The minimum absolute atomic E-state index is 0.181. The number of carbonyl (C=O) groups is 2. The second kappa shape index (κ2) is 11.3. The number of aromatic nitrogens is 3. The first-order valence-corrected chi connectivity index (χ1v) is 12.8. The van der Waals surface area contributed by atoms with Crippen molar-refractivity contribution >= 4 is 29.3 Å². The van der Waals surface area contributed by atoms with Crippen LogP contribution in [0.5, 0.6) is 0 Å². The van der Waals surface area contributed by atoms with E-state index in [0.717, 1.165) is 29.4 Å². The molecule has 178 valence electrons. The van der Waals surface area contributed by atoms with Gasteiger partial charge in [0.1, 0.15) is 5.82 Å². The van der Waals surface area contributed by atoms with Gasteiger partial charge in [-0.25, -0.2) is 0 Å². The molecule has 1 aliphatic carbocycles. The van der Waals surface area contributed by atoms with Gasteiger partial charge in [0.05, 0.1) is 17.0 Å². The summed E-state index contributed by atoms with van der Waals surface area (Å²) in [5.41, 5.74) is 3.14. The summed E-state index contributed by atoms with van der Waals surface area (Å²) in [6, 6.07) is 15.5. The summed E-state index contributed by atoms with van der Waals surface area (Å²) < 4.78 is 2.18. The summed E-state index contributed by atoms with van der Waals surface area (Å²) in [5, 5.41) is 15.2. The molecular weight excluding hydrogens is 446 g/mol. The van der Waals surface area contributed by atoms with Crippen LogP contribution in [-0.2, 0) is 11.3 Å². The third-order valence-electron chi connectivity index (χ3n) is 6.13. The second-order valence-electron chi connectivity index (χ2n) is 8.74. The van der Waals surface area contributed by atoms with E-state index in [1.807, 2.05) is 44.2 Å². The largest absolute Gasteiger partial charge is 0.348 e. The molecule has 2 N–H and O–H groups in total. The molecule has 1 aromatic heterocycles. The predicted octanol–water partition coefficient (Wildman–Crippen LogP) is 5.06. The van der Waals surface area contributed by atoms with Crippen molar-refractivity contribution in [2.24, 2.45) is 0 Å². The molecule has 34 heavy (non-hydrogen) atoms. The summed E-state index contributed by atoms with van der Waals surface area (Å²) in [5.74, 6) is 0.686. The highest BCUT2D eigenvalue weighted by Gasteiger charge is 2.22. The highest BCUT2D eigenvalue weighted by molar-refractivity contribution is 7.99. The van der Waals surface area contributed by atoms with Crippen LogP contribution in [0.4, 0.5) is 5.69 Å². The Balaban J connectivity index is 1.36. The molecule has 0 spiro atoms. The number of carbonyl (C=O) groups excluding carboxylic acids is 2. The molecule has 2 aromatic carbocycles. The van der Waals surface area contributed by atoms with Gasteiger partial charge in [0.25, 0.3) is 5.91 Å². The molecule has 0 bridgehead atoms. The van der Waals surface area contributed by atoms with Crippen molar-refractivity contribution in [1.82, 2.24) is 20.1 Å². The van der Waals surface area contributed by atoms with E-state index in [-0.39, 0.29) is 17.6 Å². The molecule has 2 amide bonds. The van der Waals surface area contributed by atoms with Crippen molar-refractivity contribution in [3.8, 4) is 0 Å². The molecule has 1 heterocycles. The third-order valence-corrected chi connectivity index (χ3v) is 7.07. The van der Waals surface area contributed by atoms with E-state index in [2.05, 4.69) is 25.4 Å². The molecular formula is C26H31N5O2S. The van der Waals surface area contributed by atoms with Crippen molar-refractivity contribution in [2.45, 2.75) is 63.7 Å². The van der Waals surface area contributed by atoms with Gasteiger partial charge in [-0.1, -0.05) is 73.0 Å². The lowest BCUT2D eigenvalue weighted by Crippen LogP contribution is -2.25. The van der Waals surface area contributed by atoms with Crippen LogP contribution in [0.15, 0.2) is 53.7 Å². The fraction of sp³-hybridized carbons (Fsp3) is 0.385. The summed E-state index contributed by atoms with van der Waals surface area (Å²) in [4.78, 5) is 25.5. The predicted molar refractivity (Wildman–Crippen MR) is 135 cm³/mol. The Labute approximate surface area is 204 Å². The highest BCUT2D eigenvalue weighted by Crippen LogP contribution is 2.32. The molecule has 0 radical (unpaired) electrons. The van der Waals surface area contributed by atoms with Crippen LogP contribution in [-0.4, -0.2) is 32.3 Å². The molecule has 1 saturated carbocycles. The fourth-order valence-corrected chi connectivity index (χ4v) is 5.15. The second-order valence-corrected chi connectivity index (χ2v) is 9.68. The average molecular weight is 478 g/mol. The molecule has 1 aliphatic rings. The molecule has 1 fully saturated rings. The quantitative estimate of drug-likeness (QED) is 0.443. The monoisotopic (exact) mass is 477 g/mol. The smallest absolute Gasteiger partial charge is 0.253 e. The van der Waals surface area contributed by atoms with Gasteiger partial charge >= 0.3 is 0 Å². The Morgan fingerprint density at radius 1 is 1.00 bits per heavy atom. The number of benzene rings is 2. The van der Waals surface area contributed by atoms with Crippen LogP contribution in [0.3, 0.4) is 0 Å². The maximum Gasteiger partial charge on any atom is 0.253 e. The standard InChI is InChI=1S/C26H31N5O2S/c1-18-12-14-20(15-13-18)16-27-25(33)22-10-6-7-11-23(22)28-24(32)17-34-26-30-29-19(2)31(26)21-8-4-3-5-9-21/h6-7,10-15,21H,3-5,8-9,16-17H2,1-2H3,(H,27,33)(H,28,32). The van der Waals surface area contributed by atoms with Crippen LogP contribution in [0.1, 0.15) is 65.5 Å². The summed E-state index contributed by atoms with van der Waals surface area (Å²) >= 11 is 1.39. The van der Waals surface area contributed by atoms with Crippen LogP contribution >= 0.6 is 11.8 Å². The van der Waals surface area contributed by atoms with E-state index in [0.29, 0.717) is 23.8 Å². The normalized spacial score (nSPS) is 14.1. The first-order valence-electron chi connectivity index (χ1n) is 11.8. The molecule has 8 heteroatoms. The highest BCUT2D eigenvalue weighted by atomic mass is 32.2. The zero-order chi connectivity index (χ0) is 23.9. The summed E-state index contributed by atoms with van der Waals surface area (Å²) in [7, 11) is 0. The third kappa shape index (κ3) is 6.05. The van der Waals surface area contributed by atoms with Crippen molar-refractivity contribution in [3.63, 3.8) is 0 Å². The van der Waals surface area contributed by atoms with Gasteiger partial charge in [-0.05, 0) is 44.4 Å². The zero-order valence-corrected chi connectivity index (χ0v) is 20.5. The zero-order valence-electron chi connectivity index (χ0n) is 19.7. The summed E-state index contributed by atoms with van der Waals surface area (Å²) in [6.07, 6.45) is 5.97. The molecule has 4 rings (SSSR count). The number of nitrogens with zero attached hydrogens (tertiary/aromatic N) is 3. The van der Waals surface area contributed by atoms with Crippen LogP contribution in [0.2, 0.25) is 0 Å². The van der Waals surface area contributed by atoms with E-state index in [9.17, 15) is 9.59 Å². The Morgan fingerprint density at radius 2 is 1.74 bits per heavy atom. The summed E-state index contributed by atoms with van der Waals surface area (Å²) in [6.45, 7) is 4.42. The number of thioether (sulfide) groups is 1. The fourth-order valence-electron chi connectivity index (χ4n) is 4.30. The van der Waals surface area contributed by atoms with E-state index in [1.165, 1.54) is 36.6 Å². The Morgan fingerprint density at radius 3 is 2.50 bits per heavy atom. The first-order chi connectivity index (χ1) is 16.5. The van der Waals surface area contributed by atoms with Gasteiger partial charge in [-0.3, -0.25) is 9.59 Å². The van der Waals surface area contributed by atoms with Gasteiger partial charge in [0.15, 0.2) is 5.16 Å². The molecule has 0 saturated heterocycles. The van der Waals surface area contributed by atoms with Crippen molar-refractivity contribution in [3.05, 3.63) is 71.0 Å².